The third-order valence-corrected chi connectivity index (χ3v) is 1.50. The Morgan fingerprint density at radius 1 is 0.750 bits per heavy atom. The summed E-state index contributed by atoms with van der Waals surface area (Å²) in [6.07, 6.45) is 9.00. The third-order valence-electron chi connectivity index (χ3n) is 1.50. The van der Waals surface area contributed by atoms with E-state index in [0.717, 1.165) is 0 Å². The number of hydrogen-bond donors (Lipinski definition) is 0. The summed E-state index contributed by atoms with van der Waals surface area (Å²) in [5.74, 6) is 0. The van der Waals surface area contributed by atoms with Gasteiger partial charge in [0.25, 0.3) is 0 Å². The molecule has 0 heterocycles. The maximum atomic E-state index is 3.56. The van der Waals surface area contributed by atoms with Crippen molar-refractivity contribution in [3.63, 3.8) is 0 Å². The summed E-state index contributed by atoms with van der Waals surface area (Å²) in [4.78, 5) is 0. The van der Waals surface area contributed by atoms with Crippen LogP contribution in [0.25, 0.3) is 0 Å². The average molecular weight is 170 g/mol. The van der Waals surface area contributed by atoms with Crippen LogP contribution in [0, 0.1) is 0 Å². The molecule has 0 aromatic carbocycles. The predicted molar refractivity (Wildman–Crippen MR) is 59.5 cm³/mol. The predicted octanol–water partition coefficient (Wildman–Crippen LogP) is 4.95. The Morgan fingerprint density at radius 2 is 0.833 bits per heavy atom. The molecule has 0 spiro atoms. The molecule has 74 valence electrons. The van der Waals surface area contributed by atoms with Crippen LogP contribution in [0.15, 0.2) is 12.2 Å². The van der Waals surface area contributed by atoms with Crippen LogP contribution >= 0.6 is 0 Å². The minimum absolute atomic E-state index is 1.17. The zero-order valence-corrected chi connectivity index (χ0v) is 9.45. The standard InChI is InChI=1S/C6H12.C4H8.C2H6/c1-2-4-6-5-3-1;1-4(2)3;1-2/h1-6H2;1H2,2-3H3;1-2H3. The van der Waals surface area contributed by atoms with Gasteiger partial charge >= 0.3 is 0 Å². The van der Waals surface area contributed by atoms with Gasteiger partial charge in [-0.25, -0.2) is 0 Å². The summed E-state index contributed by atoms with van der Waals surface area (Å²) in [7, 11) is 0. The van der Waals surface area contributed by atoms with E-state index in [1.807, 2.05) is 27.7 Å². The van der Waals surface area contributed by atoms with Gasteiger partial charge in [-0.05, 0) is 13.8 Å². The van der Waals surface area contributed by atoms with E-state index in [9.17, 15) is 0 Å². The van der Waals surface area contributed by atoms with Gasteiger partial charge in [-0.3, -0.25) is 0 Å². The van der Waals surface area contributed by atoms with Gasteiger partial charge in [0.1, 0.15) is 0 Å². The van der Waals surface area contributed by atoms with Crippen LogP contribution in [-0.4, -0.2) is 0 Å². The molecule has 0 amide bonds. The van der Waals surface area contributed by atoms with Crippen molar-refractivity contribution in [2.75, 3.05) is 0 Å². The Labute approximate surface area is 79.1 Å². The van der Waals surface area contributed by atoms with Crippen molar-refractivity contribution >= 4 is 0 Å². The molecule has 0 N–H and O–H groups in total. The first kappa shape index (κ1) is 14.3. The molecule has 0 nitrogen and oxygen atoms in total. The van der Waals surface area contributed by atoms with Gasteiger partial charge in [0, 0.05) is 0 Å². The minimum Gasteiger partial charge on any atom is -0.100 e. The van der Waals surface area contributed by atoms with Crippen LogP contribution in [-0.2, 0) is 0 Å². The van der Waals surface area contributed by atoms with E-state index in [4.69, 9.17) is 0 Å². The van der Waals surface area contributed by atoms with Crippen LogP contribution in [0.4, 0.5) is 0 Å². The summed E-state index contributed by atoms with van der Waals surface area (Å²) in [5, 5.41) is 0. The fourth-order valence-corrected chi connectivity index (χ4v) is 1.06. The summed E-state index contributed by atoms with van der Waals surface area (Å²) in [5.41, 5.74) is 1.17. The van der Waals surface area contributed by atoms with Crippen LogP contribution in [0.2, 0.25) is 0 Å². The van der Waals surface area contributed by atoms with E-state index in [1.54, 1.807) is 0 Å². The Hall–Kier alpha value is -0.260. The van der Waals surface area contributed by atoms with Gasteiger partial charge in [-0.15, -0.1) is 6.58 Å². The SMILES string of the molecule is C1CCCCC1.C=C(C)C.CC. The van der Waals surface area contributed by atoms with E-state index in [-0.39, 0.29) is 0 Å². The Balaban J connectivity index is 0. The lowest BCUT2D eigenvalue weighted by Crippen LogP contribution is -1.85. The lowest BCUT2D eigenvalue weighted by atomic mass is 10.0. The zero-order chi connectivity index (χ0) is 9.82. The second-order valence-electron chi connectivity index (χ2n) is 3.33. The van der Waals surface area contributed by atoms with Gasteiger partial charge in [0.2, 0.25) is 0 Å². The minimum atomic E-state index is 1.17. The van der Waals surface area contributed by atoms with Crippen LogP contribution in [0.3, 0.4) is 0 Å². The van der Waals surface area contributed by atoms with Crippen molar-refractivity contribution in [1.29, 1.82) is 0 Å². The van der Waals surface area contributed by atoms with E-state index < -0.39 is 0 Å². The molecule has 1 aliphatic rings. The maximum absolute atomic E-state index is 3.56. The average Bonchev–Trinajstić information content (AvgIpc) is 2.10. The topological polar surface area (TPSA) is 0 Å². The monoisotopic (exact) mass is 170 g/mol. The van der Waals surface area contributed by atoms with Crippen molar-refractivity contribution in [3.05, 3.63) is 12.2 Å². The van der Waals surface area contributed by atoms with Gasteiger partial charge in [-0.1, -0.05) is 57.9 Å². The lowest BCUT2D eigenvalue weighted by molar-refractivity contribution is 0.504. The molecule has 1 aliphatic carbocycles. The van der Waals surface area contributed by atoms with Crippen molar-refractivity contribution in [2.24, 2.45) is 0 Å². The normalized spacial score (nSPS) is 14.7. The highest BCUT2D eigenvalue weighted by atomic mass is 14.0. The highest BCUT2D eigenvalue weighted by molar-refractivity contribution is 4.78. The fraction of sp³-hybridized carbons (Fsp3) is 0.833. The molecule has 1 rings (SSSR count). The highest BCUT2D eigenvalue weighted by Gasteiger charge is 1.95. The Kier molecular flexibility index (Phi) is 15.9. The summed E-state index contributed by atoms with van der Waals surface area (Å²) >= 11 is 0. The molecule has 0 saturated heterocycles. The molecule has 0 radical (unpaired) electrons. The summed E-state index contributed by atoms with van der Waals surface area (Å²) < 4.78 is 0. The zero-order valence-electron chi connectivity index (χ0n) is 9.45. The van der Waals surface area contributed by atoms with Crippen molar-refractivity contribution in [1.82, 2.24) is 0 Å². The molecule has 0 aromatic heterocycles. The Bertz CT molecular complexity index is 62.5. The van der Waals surface area contributed by atoms with Crippen molar-refractivity contribution in [2.45, 2.75) is 66.2 Å². The molecular formula is C12H26. The molecule has 0 unspecified atom stereocenters. The highest BCUT2D eigenvalue weighted by Crippen LogP contribution is 2.15. The van der Waals surface area contributed by atoms with Gasteiger partial charge in [-0.2, -0.15) is 0 Å². The molecule has 0 aromatic rings. The van der Waals surface area contributed by atoms with E-state index >= 15 is 0 Å². The quantitative estimate of drug-likeness (QED) is 0.451. The summed E-state index contributed by atoms with van der Waals surface area (Å²) in [6, 6.07) is 0. The van der Waals surface area contributed by atoms with Gasteiger partial charge in [0.15, 0.2) is 0 Å². The smallest absolute Gasteiger partial charge is 0.0445 e. The maximum Gasteiger partial charge on any atom is -0.0445 e. The second kappa shape index (κ2) is 13.3. The first-order chi connectivity index (χ1) is 5.73. The van der Waals surface area contributed by atoms with Crippen molar-refractivity contribution in [3.8, 4) is 0 Å². The van der Waals surface area contributed by atoms with E-state index in [0.29, 0.717) is 0 Å². The molecular weight excluding hydrogens is 144 g/mol. The lowest BCUT2D eigenvalue weighted by Gasteiger charge is -2.05. The van der Waals surface area contributed by atoms with Crippen LogP contribution in [0.5, 0.6) is 0 Å². The first-order valence-electron chi connectivity index (χ1n) is 5.35. The fourth-order valence-electron chi connectivity index (χ4n) is 1.06. The van der Waals surface area contributed by atoms with Gasteiger partial charge in [0.05, 0.1) is 0 Å². The van der Waals surface area contributed by atoms with E-state index in [1.165, 1.54) is 44.1 Å². The van der Waals surface area contributed by atoms with Crippen molar-refractivity contribution < 1.29 is 0 Å². The molecule has 1 fully saturated rings. The molecule has 0 aliphatic heterocycles. The number of hydrogen-bond acceptors (Lipinski definition) is 0. The first-order valence-corrected chi connectivity index (χ1v) is 5.35. The second-order valence-corrected chi connectivity index (χ2v) is 3.33. The summed E-state index contributed by atoms with van der Waals surface area (Å²) in [6.45, 7) is 11.5. The van der Waals surface area contributed by atoms with Crippen LogP contribution in [0.1, 0.15) is 66.2 Å². The molecule has 0 atom stereocenters. The Morgan fingerprint density at radius 3 is 0.917 bits per heavy atom. The number of allylic oxidation sites excluding steroid dienone is 1. The largest absolute Gasteiger partial charge is 0.100 e. The van der Waals surface area contributed by atoms with Gasteiger partial charge < -0.3 is 0 Å². The van der Waals surface area contributed by atoms with E-state index in [2.05, 4.69) is 6.58 Å². The van der Waals surface area contributed by atoms with Crippen LogP contribution < -0.4 is 0 Å². The third kappa shape index (κ3) is 22.6. The molecule has 12 heavy (non-hydrogen) atoms. The molecule has 1 saturated carbocycles. The molecule has 0 heteroatoms. The number of rotatable bonds is 0. The molecule has 0 bridgehead atoms.